The van der Waals surface area contributed by atoms with Crippen molar-refractivity contribution >= 4 is 21.6 Å². The van der Waals surface area contributed by atoms with E-state index in [1.807, 2.05) is 0 Å². The predicted molar refractivity (Wildman–Crippen MR) is 107 cm³/mol. The van der Waals surface area contributed by atoms with Crippen LogP contribution in [0.3, 0.4) is 0 Å². The fourth-order valence-corrected chi connectivity index (χ4v) is 5.62. The van der Waals surface area contributed by atoms with Gasteiger partial charge in [-0.05, 0) is 57.4 Å². The zero-order chi connectivity index (χ0) is 19.4. The van der Waals surface area contributed by atoms with Gasteiger partial charge in [0.1, 0.15) is 0 Å². The van der Waals surface area contributed by atoms with Gasteiger partial charge in [0.2, 0.25) is 15.9 Å². The highest BCUT2D eigenvalue weighted by Crippen LogP contribution is 2.27. The summed E-state index contributed by atoms with van der Waals surface area (Å²) in [6, 6.07) is 7.03. The molecular weight excluding hydrogens is 362 g/mol. The fourth-order valence-electron chi connectivity index (χ4n) is 4.16. The molecular formula is C20H31N3O3S. The van der Waals surface area contributed by atoms with Crippen molar-refractivity contribution < 1.29 is 13.2 Å². The van der Waals surface area contributed by atoms with Crippen molar-refractivity contribution in [3.63, 3.8) is 0 Å². The van der Waals surface area contributed by atoms with E-state index in [9.17, 15) is 13.2 Å². The monoisotopic (exact) mass is 393 g/mol. The van der Waals surface area contributed by atoms with Gasteiger partial charge in [-0.1, -0.05) is 25.3 Å². The number of rotatable bonds is 5. The van der Waals surface area contributed by atoms with Crippen LogP contribution >= 0.6 is 0 Å². The van der Waals surface area contributed by atoms with Gasteiger partial charge < -0.3 is 10.6 Å². The van der Waals surface area contributed by atoms with Crippen LogP contribution in [0.1, 0.15) is 51.9 Å². The van der Waals surface area contributed by atoms with Gasteiger partial charge in [-0.25, -0.2) is 8.42 Å². The second-order valence-electron chi connectivity index (χ2n) is 7.91. The van der Waals surface area contributed by atoms with Crippen LogP contribution in [0, 0.1) is 5.92 Å². The summed E-state index contributed by atoms with van der Waals surface area (Å²) in [5, 5.41) is 6.25. The molecule has 1 saturated heterocycles. The van der Waals surface area contributed by atoms with Crippen LogP contribution in [-0.2, 0) is 14.8 Å². The van der Waals surface area contributed by atoms with Gasteiger partial charge in [0.25, 0.3) is 0 Å². The quantitative estimate of drug-likeness (QED) is 0.806. The first-order chi connectivity index (χ1) is 12.9. The Morgan fingerprint density at radius 1 is 1.19 bits per heavy atom. The molecule has 27 heavy (non-hydrogen) atoms. The Balaban J connectivity index is 1.71. The number of hydrogen-bond donors (Lipinski definition) is 2. The van der Waals surface area contributed by atoms with E-state index < -0.39 is 10.0 Å². The Hall–Kier alpha value is -1.44. The fraction of sp³-hybridized carbons (Fsp3) is 0.650. The summed E-state index contributed by atoms with van der Waals surface area (Å²) in [7, 11) is -1.88. The van der Waals surface area contributed by atoms with Gasteiger partial charge in [0.05, 0.1) is 4.90 Å². The van der Waals surface area contributed by atoms with Crippen molar-refractivity contribution in [1.82, 2.24) is 9.62 Å². The number of anilines is 1. The SMILES string of the molecule is C[C@H]1C[C@@H](C(=O)Nc2cccc(S(=O)(=O)N(C)C3CCCCC3)c2)CCN1. The van der Waals surface area contributed by atoms with Crippen molar-refractivity contribution in [3.8, 4) is 0 Å². The van der Waals surface area contributed by atoms with E-state index >= 15 is 0 Å². The first kappa shape index (κ1) is 20.3. The predicted octanol–water partition coefficient (Wildman–Crippen LogP) is 2.97. The molecule has 3 rings (SSSR count). The minimum atomic E-state index is -3.56. The summed E-state index contributed by atoms with van der Waals surface area (Å²) in [5.41, 5.74) is 0.546. The number of carbonyl (C=O) groups excluding carboxylic acids is 1. The highest BCUT2D eigenvalue weighted by Gasteiger charge is 2.29. The average molecular weight is 394 g/mol. The van der Waals surface area contributed by atoms with Crippen LogP contribution in [-0.4, -0.2) is 44.3 Å². The summed E-state index contributed by atoms with van der Waals surface area (Å²) >= 11 is 0. The maximum atomic E-state index is 13.0. The summed E-state index contributed by atoms with van der Waals surface area (Å²) in [5.74, 6) is -0.0649. The Labute approximate surface area is 162 Å². The summed E-state index contributed by atoms with van der Waals surface area (Å²) < 4.78 is 27.6. The number of amides is 1. The summed E-state index contributed by atoms with van der Waals surface area (Å²) in [6.07, 6.45) is 6.78. The summed E-state index contributed by atoms with van der Waals surface area (Å²) in [6.45, 7) is 2.91. The molecule has 0 spiro atoms. The molecule has 7 heteroatoms. The number of nitrogens with zero attached hydrogens (tertiary/aromatic N) is 1. The minimum absolute atomic E-state index is 0.0291. The molecule has 0 radical (unpaired) electrons. The zero-order valence-electron chi connectivity index (χ0n) is 16.3. The number of nitrogens with one attached hydrogen (secondary N) is 2. The number of benzene rings is 1. The van der Waals surface area contributed by atoms with Crippen LogP contribution in [0.15, 0.2) is 29.2 Å². The van der Waals surface area contributed by atoms with Gasteiger partial charge in [0.15, 0.2) is 0 Å². The first-order valence-corrected chi connectivity index (χ1v) is 11.4. The van der Waals surface area contributed by atoms with Crippen molar-refractivity contribution in [2.45, 2.75) is 68.8 Å². The number of carbonyl (C=O) groups is 1. The Morgan fingerprint density at radius 3 is 2.63 bits per heavy atom. The molecule has 1 aliphatic carbocycles. The molecule has 2 atom stereocenters. The van der Waals surface area contributed by atoms with Gasteiger partial charge in [-0.15, -0.1) is 0 Å². The van der Waals surface area contributed by atoms with Crippen molar-refractivity contribution in [2.75, 3.05) is 18.9 Å². The topological polar surface area (TPSA) is 78.5 Å². The third-order valence-electron chi connectivity index (χ3n) is 5.86. The normalized spacial score (nSPS) is 24.7. The summed E-state index contributed by atoms with van der Waals surface area (Å²) in [4.78, 5) is 12.8. The second-order valence-corrected chi connectivity index (χ2v) is 9.90. The lowest BCUT2D eigenvalue weighted by atomic mass is 9.92. The lowest BCUT2D eigenvalue weighted by Crippen LogP contribution is -2.40. The largest absolute Gasteiger partial charge is 0.326 e. The lowest BCUT2D eigenvalue weighted by molar-refractivity contribution is -0.120. The molecule has 1 amide bonds. The molecule has 1 heterocycles. The highest BCUT2D eigenvalue weighted by atomic mass is 32.2. The van der Waals surface area contributed by atoms with Crippen molar-refractivity contribution in [1.29, 1.82) is 0 Å². The van der Waals surface area contributed by atoms with E-state index in [1.54, 1.807) is 31.3 Å². The van der Waals surface area contributed by atoms with E-state index in [0.29, 0.717) is 11.7 Å². The molecule has 0 aromatic heterocycles. The molecule has 6 nitrogen and oxygen atoms in total. The molecule has 1 aromatic rings. The standard InChI is InChI=1S/C20H31N3O3S/c1-15-13-16(11-12-21-15)20(24)22-17-7-6-10-19(14-17)27(25,26)23(2)18-8-4-3-5-9-18/h6-7,10,14-16,18,21H,3-5,8-9,11-13H2,1-2H3,(H,22,24)/t15-,16-/m0/s1. The van der Waals surface area contributed by atoms with Gasteiger partial charge >= 0.3 is 0 Å². The molecule has 2 aliphatic rings. The zero-order valence-corrected chi connectivity index (χ0v) is 17.1. The van der Waals surface area contributed by atoms with Gasteiger partial charge in [-0.2, -0.15) is 4.31 Å². The van der Waals surface area contributed by atoms with E-state index in [4.69, 9.17) is 0 Å². The maximum absolute atomic E-state index is 13.0. The Bertz CT molecular complexity index is 759. The molecule has 1 aliphatic heterocycles. The van der Waals surface area contributed by atoms with Gasteiger partial charge in [0, 0.05) is 30.7 Å². The van der Waals surface area contributed by atoms with Crippen LogP contribution < -0.4 is 10.6 Å². The highest BCUT2D eigenvalue weighted by molar-refractivity contribution is 7.89. The second kappa shape index (κ2) is 8.71. The smallest absolute Gasteiger partial charge is 0.243 e. The molecule has 2 fully saturated rings. The molecule has 2 N–H and O–H groups in total. The number of sulfonamides is 1. The number of piperidine rings is 1. The van der Waals surface area contributed by atoms with Gasteiger partial charge in [-0.3, -0.25) is 4.79 Å². The molecule has 150 valence electrons. The van der Waals surface area contributed by atoms with Crippen molar-refractivity contribution in [2.24, 2.45) is 5.92 Å². The Kier molecular flexibility index (Phi) is 6.55. The van der Waals surface area contributed by atoms with Crippen LogP contribution in [0.5, 0.6) is 0 Å². The third kappa shape index (κ3) is 4.89. The van der Waals surface area contributed by atoms with Crippen molar-refractivity contribution in [3.05, 3.63) is 24.3 Å². The Morgan fingerprint density at radius 2 is 1.93 bits per heavy atom. The van der Waals surface area contributed by atoms with E-state index in [1.165, 1.54) is 10.7 Å². The average Bonchev–Trinajstić information content (AvgIpc) is 2.68. The number of hydrogen-bond acceptors (Lipinski definition) is 4. The first-order valence-electron chi connectivity index (χ1n) is 10.0. The van der Waals surface area contributed by atoms with Crippen LogP contribution in [0.4, 0.5) is 5.69 Å². The van der Waals surface area contributed by atoms with Crippen LogP contribution in [0.2, 0.25) is 0 Å². The minimum Gasteiger partial charge on any atom is -0.326 e. The molecule has 1 saturated carbocycles. The maximum Gasteiger partial charge on any atom is 0.243 e. The van der Waals surface area contributed by atoms with E-state index in [2.05, 4.69) is 17.6 Å². The van der Waals surface area contributed by atoms with E-state index in [0.717, 1.165) is 45.1 Å². The molecule has 0 bridgehead atoms. The third-order valence-corrected chi connectivity index (χ3v) is 7.77. The van der Waals surface area contributed by atoms with E-state index in [-0.39, 0.29) is 22.8 Å². The molecule has 0 unspecified atom stereocenters. The van der Waals surface area contributed by atoms with Crippen LogP contribution in [0.25, 0.3) is 0 Å². The molecule has 1 aromatic carbocycles. The lowest BCUT2D eigenvalue weighted by Gasteiger charge is -2.30.